The molecule has 0 atom stereocenters. The molecule has 3 rings (SSSR count). The predicted molar refractivity (Wildman–Crippen MR) is 96.2 cm³/mol. The molecule has 0 bridgehead atoms. The highest BCUT2D eigenvalue weighted by atomic mass is 16.1. The van der Waals surface area contributed by atoms with Gasteiger partial charge in [-0.2, -0.15) is 5.10 Å². The number of nitrogens with zero attached hydrogens (tertiary/aromatic N) is 6. The molecule has 0 aliphatic carbocycles. The van der Waals surface area contributed by atoms with Gasteiger partial charge < -0.3 is 4.57 Å². The van der Waals surface area contributed by atoms with Crippen molar-refractivity contribution >= 4 is 0 Å². The van der Waals surface area contributed by atoms with Crippen LogP contribution in [0, 0.1) is 5.92 Å². The molecule has 0 radical (unpaired) electrons. The molecule has 0 saturated carbocycles. The summed E-state index contributed by atoms with van der Waals surface area (Å²) >= 11 is 0. The molecule has 1 fully saturated rings. The highest BCUT2D eigenvalue weighted by Gasteiger charge is 2.22. The quantitative estimate of drug-likeness (QED) is 0.842. The molecule has 0 amide bonds. The normalized spacial score (nSPS) is 17.1. The minimum atomic E-state index is -0.0467. The Balaban J connectivity index is 1.59. The average Bonchev–Trinajstić information content (AvgIpc) is 2.95. The van der Waals surface area contributed by atoms with Crippen LogP contribution in [0.1, 0.15) is 45.1 Å². The fraction of sp³-hybridized carbons (Fsp3) is 0.667. The topological polar surface area (TPSA) is 68.8 Å². The second-order valence-corrected chi connectivity index (χ2v) is 8.07. The first-order valence-electron chi connectivity index (χ1n) is 8.97. The summed E-state index contributed by atoms with van der Waals surface area (Å²) in [5.41, 5.74) is 0.913. The van der Waals surface area contributed by atoms with Crippen LogP contribution in [0.4, 0.5) is 0 Å². The molecule has 1 aliphatic heterocycles. The highest BCUT2D eigenvalue weighted by Crippen LogP contribution is 2.21. The maximum absolute atomic E-state index is 12.2. The Labute approximate surface area is 148 Å². The summed E-state index contributed by atoms with van der Waals surface area (Å²) < 4.78 is 3.62. The standard InChI is InChI=1S/C18H28N6O/c1-18(2,3)15-5-6-17(25)24(21-15)11-14-7-9-23(10-8-14)12-16-20-19-13-22(16)4/h5-6,13-14H,7-12H2,1-4H3. The van der Waals surface area contributed by atoms with E-state index < -0.39 is 0 Å². The zero-order valence-corrected chi connectivity index (χ0v) is 15.6. The van der Waals surface area contributed by atoms with E-state index in [0.29, 0.717) is 12.5 Å². The van der Waals surface area contributed by atoms with Gasteiger partial charge in [-0.25, -0.2) is 4.68 Å². The minimum Gasteiger partial charge on any atom is -0.320 e. The van der Waals surface area contributed by atoms with Crippen LogP contribution in [-0.2, 0) is 25.6 Å². The summed E-state index contributed by atoms with van der Waals surface area (Å²) in [5.74, 6) is 1.49. The maximum atomic E-state index is 12.2. The van der Waals surface area contributed by atoms with Crippen LogP contribution in [-0.4, -0.2) is 42.5 Å². The summed E-state index contributed by atoms with van der Waals surface area (Å²) in [5, 5.41) is 12.7. The van der Waals surface area contributed by atoms with E-state index in [0.717, 1.165) is 44.0 Å². The van der Waals surface area contributed by atoms with Gasteiger partial charge in [-0.15, -0.1) is 10.2 Å². The average molecular weight is 344 g/mol. The number of aromatic nitrogens is 5. The molecule has 3 heterocycles. The molecule has 1 aliphatic rings. The minimum absolute atomic E-state index is 0.00508. The van der Waals surface area contributed by atoms with Gasteiger partial charge in [0, 0.05) is 25.1 Å². The van der Waals surface area contributed by atoms with Crippen LogP contribution in [0.3, 0.4) is 0 Å². The zero-order chi connectivity index (χ0) is 18.0. The summed E-state index contributed by atoms with van der Waals surface area (Å²) in [4.78, 5) is 14.6. The molecule has 0 N–H and O–H groups in total. The lowest BCUT2D eigenvalue weighted by molar-refractivity contribution is 0.159. The van der Waals surface area contributed by atoms with Crippen molar-refractivity contribution in [3.63, 3.8) is 0 Å². The van der Waals surface area contributed by atoms with Crippen molar-refractivity contribution < 1.29 is 0 Å². The molecule has 7 nitrogen and oxygen atoms in total. The fourth-order valence-corrected chi connectivity index (χ4v) is 3.20. The molecule has 1 saturated heterocycles. The zero-order valence-electron chi connectivity index (χ0n) is 15.6. The third-order valence-corrected chi connectivity index (χ3v) is 4.94. The Kier molecular flexibility index (Phi) is 5.03. The molecule has 7 heteroatoms. The van der Waals surface area contributed by atoms with Crippen molar-refractivity contribution in [2.75, 3.05) is 13.1 Å². The van der Waals surface area contributed by atoms with E-state index in [9.17, 15) is 4.79 Å². The summed E-state index contributed by atoms with van der Waals surface area (Å²) in [7, 11) is 1.97. The maximum Gasteiger partial charge on any atom is 0.266 e. The van der Waals surface area contributed by atoms with E-state index in [1.165, 1.54) is 0 Å². The molecule has 0 aromatic carbocycles. The highest BCUT2D eigenvalue weighted by molar-refractivity contribution is 5.10. The van der Waals surface area contributed by atoms with Crippen LogP contribution in [0.2, 0.25) is 0 Å². The van der Waals surface area contributed by atoms with Crippen molar-refractivity contribution in [1.29, 1.82) is 0 Å². The molecule has 0 unspecified atom stereocenters. The third-order valence-electron chi connectivity index (χ3n) is 4.94. The number of hydrogen-bond acceptors (Lipinski definition) is 5. The van der Waals surface area contributed by atoms with E-state index in [4.69, 9.17) is 0 Å². The smallest absolute Gasteiger partial charge is 0.266 e. The lowest BCUT2D eigenvalue weighted by Crippen LogP contribution is -2.37. The van der Waals surface area contributed by atoms with Gasteiger partial charge in [-0.05, 0) is 37.9 Å². The van der Waals surface area contributed by atoms with Gasteiger partial charge in [-0.3, -0.25) is 9.69 Å². The van der Waals surface area contributed by atoms with Crippen LogP contribution < -0.4 is 5.56 Å². The van der Waals surface area contributed by atoms with Crippen molar-refractivity contribution in [2.45, 2.75) is 52.1 Å². The van der Waals surface area contributed by atoms with E-state index in [1.807, 2.05) is 17.7 Å². The molecule has 0 spiro atoms. The second-order valence-electron chi connectivity index (χ2n) is 8.07. The molecular weight excluding hydrogens is 316 g/mol. The second kappa shape index (κ2) is 7.07. The van der Waals surface area contributed by atoms with E-state index >= 15 is 0 Å². The van der Waals surface area contributed by atoms with Gasteiger partial charge in [0.1, 0.15) is 12.2 Å². The Bertz CT molecular complexity index is 764. The first-order chi connectivity index (χ1) is 11.8. The summed E-state index contributed by atoms with van der Waals surface area (Å²) in [6, 6.07) is 3.50. The Morgan fingerprint density at radius 3 is 2.52 bits per heavy atom. The Morgan fingerprint density at radius 2 is 1.92 bits per heavy atom. The lowest BCUT2D eigenvalue weighted by atomic mass is 9.92. The number of hydrogen-bond donors (Lipinski definition) is 0. The van der Waals surface area contributed by atoms with Gasteiger partial charge in [0.05, 0.1) is 12.2 Å². The van der Waals surface area contributed by atoms with Crippen LogP contribution in [0.25, 0.3) is 0 Å². The molecule has 136 valence electrons. The van der Waals surface area contributed by atoms with Crippen molar-refractivity contribution in [1.82, 2.24) is 29.4 Å². The van der Waals surface area contributed by atoms with Gasteiger partial charge in [0.2, 0.25) is 0 Å². The van der Waals surface area contributed by atoms with Crippen LogP contribution in [0.15, 0.2) is 23.3 Å². The SMILES string of the molecule is Cn1cnnc1CN1CCC(Cn2nc(C(C)(C)C)ccc2=O)CC1. The number of aryl methyl sites for hydroxylation is 1. The lowest BCUT2D eigenvalue weighted by Gasteiger charge is -2.31. The summed E-state index contributed by atoms with van der Waals surface area (Å²) in [6.45, 7) is 9.94. The molecular formula is C18H28N6O. The monoisotopic (exact) mass is 344 g/mol. The van der Waals surface area contributed by atoms with E-state index in [-0.39, 0.29) is 11.0 Å². The van der Waals surface area contributed by atoms with Gasteiger partial charge >= 0.3 is 0 Å². The number of likely N-dealkylation sites (tertiary alicyclic amines) is 1. The van der Waals surface area contributed by atoms with Crippen molar-refractivity contribution in [3.8, 4) is 0 Å². The van der Waals surface area contributed by atoms with Crippen molar-refractivity contribution in [3.05, 3.63) is 40.3 Å². The van der Waals surface area contributed by atoms with Crippen LogP contribution in [0.5, 0.6) is 0 Å². The third kappa shape index (κ3) is 4.34. The van der Waals surface area contributed by atoms with Gasteiger partial charge in [-0.1, -0.05) is 20.8 Å². The fourth-order valence-electron chi connectivity index (χ4n) is 3.20. The molecule has 25 heavy (non-hydrogen) atoms. The Morgan fingerprint density at radius 1 is 1.20 bits per heavy atom. The molecule has 2 aromatic rings. The van der Waals surface area contributed by atoms with Crippen molar-refractivity contribution in [2.24, 2.45) is 13.0 Å². The Hall–Kier alpha value is -2.02. The first kappa shape index (κ1) is 17.8. The summed E-state index contributed by atoms with van der Waals surface area (Å²) in [6.07, 6.45) is 3.89. The first-order valence-corrected chi connectivity index (χ1v) is 8.97. The predicted octanol–water partition coefficient (Wildman–Crippen LogP) is 1.58. The molecule has 2 aromatic heterocycles. The number of piperidine rings is 1. The van der Waals surface area contributed by atoms with Crippen LogP contribution >= 0.6 is 0 Å². The number of rotatable bonds is 4. The largest absolute Gasteiger partial charge is 0.320 e. The van der Waals surface area contributed by atoms with E-state index in [1.54, 1.807) is 17.1 Å². The van der Waals surface area contributed by atoms with Gasteiger partial charge in [0.25, 0.3) is 5.56 Å². The van der Waals surface area contributed by atoms with Gasteiger partial charge in [0.15, 0.2) is 0 Å². The van der Waals surface area contributed by atoms with E-state index in [2.05, 4.69) is 41.0 Å².